The van der Waals surface area contributed by atoms with E-state index in [1.165, 1.54) is 27.2 Å². The average Bonchev–Trinajstić information content (AvgIpc) is 3.39. The Labute approximate surface area is 206 Å². The highest BCUT2D eigenvalue weighted by atomic mass is 35.5. The van der Waals surface area contributed by atoms with Crippen LogP contribution in [-0.2, 0) is 9.53 Å². The Balaban J connectivity index is 1.75. The molecule has 0 bridgehead atoms. The third kappa shape index (κ3) is 5.81. The van der Waals surface area contributed by atoms with Crippen molar-refractivity contribution < 1.29 is 19.1 Å². The second-order valence-corrected chi connectivity index (χ2v) is 8.68. The summed E-state index contributed by atoms with van der Waals surface area (Å²) in [5, 5.41) is 11.3. The minimum absolute atomic E-state index is 0.111. The third-order valence-electron chi connectivity index (χ3n) is 5.05. The first-order valence-corrected chi connectivity index (χ1v) is 11.6. The van der Waals surface area contributed by atoms with E-state index in [4.69, 9.17) is 21.6 Å². The van der Waals surface area contributed by atoms with Gasteiger partial charge in [0.15, 0.2) is 6.61 Å². The van der Waals surface area contributed by atoms with Crippen LogP contribution >= 0.6 is 22.9 Å². The topological polar surface area (TPSA) is 90.7 Å². The number of para-hydroxylation sites is 1. The van der Waals surface area contributed by atoms with E-state index in [1.807, 2.05) is 13.0 Å². The SMILES string of the molecule is Cc1cc(N(CCC#N)C(=O)COC(=O)c2ccccc2N(C)C(=O)c2cccs2)ccc1Cl. The predicted molar refractivity (Wildman–Crippen MR) is 133 cm³/mol. The maximum absolute atomic E-state index is 12.9. The Hall–Kier alpha value is -3.67. The number of carbonyl (C=O) groups is 3. The number of carbonyl (C=O) groups excluding carboxylic acids is 3. The molecule has 7 nitrogen and oxygen atoms in total. The molecule has 0 radical (unpaired) electrons. The second-order valence-electron chi connectivity index (χ2n) is 7.32. The lowest BCUT2D eigenvalue weighted by molar-refractivity contribution is -0.121. The zero-order valence-corrected chi connectivity index (χ0v) is 20.2. The summed E-state index contributed by atoms with van der Waals surface area (Å²) < 4.78 is 5.31. The second kappa shape index (κ2) is 11.5. The Morgan fingerprint density at radius 3 is 2.56 bits per heavy atom. The van der Waals surface area contributed by atoms with Gasteiger partial charge in [0.2, 0.25) is 0 Å². The Kier molecular flexibility index (Phi) is 8.41. The normalized spacial score (nSPS) is 10.3. The van der Waals surface area contributed by atoms with Crippen LogP contribution in [0.5, 0.6) is 0 Å². The van der Waals surface area contributed by atoms with E-state index in [0.29, 0.717) is 21.3 Å². The minimum atomic E-state index is -0.734. The molecule has 0 aliphatic heterocycles. The average molecular weight is 496 g/mol. The summed E-state index contributed by atoms with van der Waals surface area (Å²) in [5.41, 5.74) is 1.86. The molecule has 3 rings (SSSR count). The minimum Gasteiger partial charge on any atom is -0.452 e. The largest absolute Gasteiger partial charge is 0.452 e. The molecule has 0 aliphatic carbocycles. The molecule has 174 valence electrons. The first-order chi connectivity index (χ1) is 16.3. The Bertz CT molecular complexity index is 1240. The number of thiophene rings is 1. The van der Waals surface area contributed by atoms with Crippen LogP contribution in [0, 0.1) is 18.3 Å². The van der Waals surface area contributed by atoms with E-state index < -0.39 is 18.5 Å². The number of esters is 1. The van der Waals surface area contributed by atoms with Gasteiger partial charge in [-0.25, -0.2) is 4.79 Å². The Morgan fingerprint density at radius 2 is 1.88 bits per heavy atom. The zero-order valence-electron chi connectivity index (χ0n) is 18.7. The van der Waals surface area contributed by atoms with Crippen LogP contribution < -0.4 is 9.80 Å². The first kappa shape index (κ1) is 25.0. The molecule has 2 aromatic carbocycles. The van der Waals surface area contributed by atoms with Crippen molar-refractivity contribution in [3.8, 4) is 6.07 Å². The number of anilines is 2. The maximum atomic E-state index is 12.9. The van der Waals surface area contributed by atoms with Crippen LogP contribution in [0.4, 0.5) is 11.4 Å². The quantitative estimate of drug-likeness (QED) is 0.406. The molecule has 2 amide bonds. The van der Waals surface area contributed by atoms with E-state index in [0.717, 1.165) is 5.56 Å². The summed E-state index contributed by atoms with van der Waals surface area (Å²) in [6, 6.07) is 17.1. The van der Waals surface area contributed by atoms with Crippen LogP contribution in [0.2, 0.25) is 5.02 Å². The highest BCUT2D eigenvalue weighted by molar-refractivity contribution is 7.12. The van der Waals surface area contributed by atoms with Crippen molar-refractivity contribution in [1.82, 2.24) is 0 Å². The Morgan fingerprint density at radius 1 is 1.12 bits per heavy atom. The molecule has 3 aromatic rings. The molecule has 0 unspecified atom stereocenters. The molecule has 9 heteroatoms. The number of nitriles is 1. The lowest BCUT2D eigenvalue weighted by Gasteiger charge is -2.23. The van der Waals surface area contributed by atoms with Gasteiger partial charge in [0.25, 0.3) is 11.8 Å². The standard InChI is InChI=1S/C25H22ClN3O4S/c1-17-15-18(10-11-20(17)26)29(13-6-12-27)23(30)16-33-25(32)19-7-3-4-8-21(19)28(2)24(31)22-9-5-14-34-22/h3-5,7-11,14-15H,6,13,16H2,1-2H3. The highest BCUT2D eigenvalue weighted by Gasteiger charge is 2.23. The molecule has 34 heavy (non-hydrogen) atoms. The zero-order chi connectivity index (χ0) is 24.7. The number of hydrogen-bond acceptors (Lipinski definition) is 6. The summed E-state index contributed by atoms with van der Waals surface area (Å²) >= 11 is 7.39. The van der Waals surface area contributed by atoms with Crippen molar-refractivity contribution in [1.29, 1.82) is 5.26 Å². The van der Waals surface area contributed by atoms with Gasteiger partial charge in [-0.05, 0) is 54.3 Å². The van der Waals surface area contributed by atoms with Gasteiger partial charge in [0.05, 0.1) is 28.6 Å². The van der Waals surface area contributed by atoms with Crippen LogP contribution in [0.3, 0.4) is 0 Å². The van der Waals surface area contributed by atoms with E-state index in [9.17, 15) is 14.4 Å². The molecular formula is C25H22ClN3O4S. The van der Waals surface area contributed by atoms with Crippen molar-refractivity contribution in [2.45, 2.75) is 13.3 Å². The number of hydrogen-bond donors (Lipinski definition) is 0. The van der Waals surface area contributed by atoms with E-state index >= 15 is 0 Å². The van der Waals surface area contributed by atoms with Gasteiger partial charge in [-0.15, -0.1) is 11.3 Å². The van der Waals surface area contributed by atoms with Gasteiger partial charge < -0.3 is 14.5 Å². The fourth-order valence-electron chi connectivity index (χ4n) is 3.25. The van der Waals surface area contributed by atoms with Gasteiger partial charge in [-0.2, -0.15) is 5.26 Å². The number of rotatable bonds is 8. The third-order valence-corrected chi connectivity index (χ3v) is 6.33. The summed E-state index contributed by atoms with van der Waals surface area (Å²) in [4.78, 5) is 41.8. The van der Waals surface area contributed by atoms with Crippen LogP contribution in [0.15, 0.2) is 60.0 Å². The number of ether oxygens (including phenoxy) is 1. The smallest absolute Gasteiger partial charge is 0.340 e. The molecule has 0 saturated carbocycles. The lowest BCUT2D eigenvalue weighted by atomic mass is 10.1. The number of amides is 2. The van der Waals surface area contributed by atoms with Crippen molar-refractivity contribution >= 4 is 52.1 Å². The molecule has 0 fully saturated rings. The van der Waals surface area contributed by atoms with Crippen LogP contribution in [-0.4, -0.2) is 38.0 Å². The van der Waals surface area contributed by atoms with Gasteiger partial charge >= 0.3 is 5.97 Å². The summed E-state index contributed by atoms with van der Waals surface area (Å²) in [5.74, 6) is -1.47. The van der Waals surface area contributed by atoms with Gasteiger partial charge in [-0.1, -0.05) is 29.8 Å². The molecular weight excluding hydrogens is 474 g/mol. The van der Waals surface area contributed by atoms with Gasteiger partial charge in [-0.3, -0.25) is 9.59 Å². The fourth-order valence-corrected chi connectivity index (χ4v) is 4.07. The van der Waals surface area contributed by atoms with Gasteiger partial charge in [0, 0.05) is 24.3 Å². The van der Waals surface area contributed by atoms with Crippen LogP contribution in [0.1, 0.15) is 32.0 Å². The van der Waals surface area contributed by atoms with E-state index in [1.54, 1.807) is 61.0 Å². The number of aryl methyl sites for hydroxylation is 1. The lowest BCUT2D eigenvalue weighted by Crippen LogP contribution is -2.35. The molecule has 0 spiro atoms. The maximum Gasteiger partial charge on any atom is 0.340 e. The molecule has 1 aromatic heterocycles. The predicted octanol–water partition coefficient (Wildman–Crippen LogP) is 5.09. The van der Waals surface area contributed by atoms with Crippen LogP contribution in [0.25, 0.3) is 0 Å². The van der Waals surface area contributed by atoms with Crippen molar-refractivity contribution in [3.05, 3.63) is 81.0 Å². The molecule has 1 heterocycles. The van der Waals surface area contributed by atoms with Crippen molar-refractivity contribution in [3.63, 3.8) is 0 Å². The fraction of sp³-hybridized carbons (Fsp3) is 0.200. The van der Waals surface area contributed by atoms with E-state index in [2.05, 4.69) is 0 Å². The number of nitrogens with zero attached hydrogens (tertiary/aromatic N) is 3. The summed E-state index contributed by atoms with van der Waals surface area (Å²) in [6.45, 7) is 1.43. The molecule has 0 N–H and O–H groups in total. The summed E-state index contributed by atoms with van der Waals surface area (Å²) in [7, 11) is 1.58. The number of halogens is 1. The first-order valence-electron chi connectivity index (χ1n) is 10.3. The van der Waals surface area contributed by atoms with Gasteiger partial charge in [0.1, 0.15) is 0 Å². The van der Waals surface area contributed by atoms with Crippen molar-refractivity contribution in [2.24, 2.45) is 0 Å². The molecule has 0 atom stereocenters. The van der Waals surface area contributed by atoms with Crippen molar-refractivity contribution in [2.75, 3.05) is 30.0 Å². The summed E-state index contributed by atoms with van der Waals surface area (Å²) in [6.07, 6.45) is 0.111. The molecule has 0 saturated heterocycles. The molecule has 0 aliphatic rings. The van der Waals surface area contributed by atoms with E-state index in [-0.39, 0.29) is 24.4 Å². The monoisotopic (exact) mass is 495 g/mol. The number of benzene rings is 2. The highest BCUT2D eigenvalue weighted by Crippen LogP contribution is 2.25.